The lowest BCUT2D eigenvalue weighted by atomic mass is 9.60. The molecule has 7 heteroatoms. The summed E-state index contributed by atoms with van der Waals surface area (Å²) in [6, 6.07) is 15.0. The van der Waals surface area contributed by atoms with Crippen molar-refractivity contribution in [2.45, 2.75) is 39.0 Å². The van der Waals surface area contributed by atoms with E-state index in [2.05, 4.69) is 11.4 Å². The van der Waals surface area contributed by atoms with Crippen LogP contribution in [-0.2, 0) is 15.0 Å². The maximum atomic E-state index is 13.8. The minimum atomic E-state index is -1.60. The highest BCUT2D eigenvalue weighted by Crippen LogP contribution is 2.57. The van der Waals surface area contributed by atoms with E-state index in [0.29, 0.717) is 39.5 Å². The zero-order valence-corrected chi connectivity index (χ0v) is 19.4. The lowest BCUT2D eigenvalue weighted by molar-refractivity contribution is -0.123. The summed E-state index contributed by atoms with van der Waals surface area (Å²) >= 11 is 6.33. The highest BCUT2D eigenvalue weighted by molar-refractivity contribution is 6.32. The number of para-hydroxylation sites is 1. The standard InChI is InChI=1S/C26H23ClN4O2/c1-14-18(27)10-9-16-22(14)30-24(33)26(16)17(13-28)23(29)31(15-7-5-4-6-8-15)19-11-25(2,3)12-20(32)21(19)26/h4-10H,11-12,29H2,1-3H3,(H,30,33)/t26-/m1/s1. The molecule has 0 aromatic heterocycles. The van der Waals surface area contributed by atoms with Crippen molar-refractivity contribution in [1.29, 1.82) is 5.26 Å². The van der Waals surface area contributed by atoms with E-state index in [0.717, 1.165) is 5.69 Å². The number of ketones is 1. The number of allylic oxidation sites excluding steroid dienone is 1. The van der Waals surface area contributed by atoms with Gasteiger partial charge >= 0.3 is 0 Å². The first-order valence-electron chi connectivity index (χ1n) is 10.8. The van der Waals surface area contributed by atoms with Crippen LogP contribution < -0.4 is 16.0 Å². The molecule has 0 saturated heterocycles. The van der Waals surface area contributed by atoms with E-state index < -0.39 is 11.3 Å². The molecule has 2 aliphatic heterocycles. The van der Waals surface area contributed by atoms with Gasteiger partial charge in [0.2, 0.25) is 5.91 Å². The molecule has 2 aromatic rings. The summed E-state index contributed by atoms with van der Waals surface area (Å²) in [4.78, 5) is 29.4. The van der Waals surface area contributed by atoms with E-state index in [-0.39, 0.29) is 29.0 Å². The van der Waals surface area contributed by atoms with Gasteiger partial charge in [0.15, 0.2) is 5.78 Å². The quantitative estimate of drug-likeness (QED) is 0.645. The molecular formula is C26H23ClN4O2. The Morgan fingerprint density at radius 1 is 1.12 bits per heavy atom. The summed E-state index contributed by atoms with van der Waals surface area (Å²) in [5, 5.41) is 13.7. The van der Waals surface area contributed by atoms with E-state index in [1.165, 1.54) is 0 Å². The second kappa shape index (κ2) is 6.97. The highest BCUT2D eigenvalue weighted by Gasteiger charge is 2.61. The van der Waals surface area contributed by atoms with Gasteiger partial charge in [0, 0.05) is 34.0 Å². The Balaban J connectivity index is 1.92. The van der Waals surface area contributed by atoms with Crippen LogP contribution >= 0.6 is 11.6 Å². The second-order valence-electron chi connectivity index (χ2n) is 9.60. The number of carbonyl (C=O) groups is 2. The maximum absolute atomic E-state index is 13.8. The van der Waals surface area contributed by atoms with Crippen molar-refractivity contribution >= 4 is 34.7 Å². The van der Waals surface area contributed by atoms with E-state index in [1.807, 2.05) is 44.2 Å². The molecule has 0 unspecified atom stereocenters. The number of hydrogen-bond donors (Lipinski definition) is 2. The number of nitrogens with two attached hydrogens (primary N) is 1. The molecule has 166 valence electrons. The number of nitriles is 1. The summed E-state index contributed by atoms with van der Waals surface area (Å²) in [6.45, 7) is 5.85. The van der Waals surface area contributed by atoms with E-state index in [9.17, 15) is 14.9 Å². The lowest BCUT2D eigenvalue weighted by Crippen LogP contribution is -2.52. The minimum Gasteiger partial charge on any atom is -0.384 e. The van der Waals surface area contributed by atoms with Crippen molar-refractivity contribution in [2.24, 2.45) is 11.1 Å². The Morgan fingerprint density at radius 3 is 2.48 bits per heavy atom. The molecule has 0 fully saturated rings. The van der Waals surface area contributed by atoms with Gasteiger partial charge in [-0.15, -0.1) is 0 Å². The molecule has 1 spiro atoms. The van der Waals surface area contributed by atoms with E-state index in [1.54, 1.807) is 24.0 Å². The number of rotatable bonds is 1. The van der Waals surface area contributed by atoms with E-state index >= 15 is 0 Å². The molecule has 2 aromatic carbocycles. The smallest absolute Gasteiger partial charge is 0.245 e. The van der Waals surface area contributed by atoms with Crippen molar-refractivity contribution in [2.75, 3.05) is 10.2 Å². The Kier molecular flexibility index (Phi) is 4.50. The van der Waals surface area contributed by atoms with Crippen LogP contribution in [0.4, 0.5) is 11.4 Å². The predicted octanol–water partition coefficient (Wildman–Crippen LogP) is 4.70. The van der Waals surface area contributed by atoms with Gasteiger partial charge in [0.25, 0.3) is 0 Å². The SMILES string of the molecule is Cc1c(Cl)ccc2c1NC(=O)[C@@]21C(C#N)=C(N)N(c2ccccc2)C2=C1C(=O)CC(C)(C)C2. The molecule has 1 atom stereocenters. The van der Waals surface area contributed by atoms with Gasteiger partial charge in [-0.2, -0.15) is 5.26 Å². The topological polar surface area (TPSA) is 99.2 Å². The number of anilines is 2. The number of nitrogens with one attached hydrogen (secondary N) is 1. The molecule has 0 bridgehead atoms. The van der Waals surface area contributed by atoms with Crippen molar-refractivity contribution in [3.05, 3.63) is 81.3 Å². The number of fused-ring (bicyclic) bond motifs is 3. The molecular weight excluding hydrogens is 436 g/mol. The van der Waals surface area contributed by atoms with Gasteiger partial charge in [0.1, 0.15) is 17.3 Å². The first-order chi connectivity index (χ1) is 15.6. The lowest BCUT2D eigenvalue weighted by Gasteiger charge is -2.46. The van der Waals surface area contributed by atoms with Crippen LogP contribution in [0.1, 0.15) is 37.8 Å². The second-order valence-corrected chi connectivity index (χ2v) is 10.0. The summed E-state index contributed by atoms with van der Waals surface area (Å²) in [7, 11) is 0. The fourth-order valence-corrected chi connectivity index (χ4v) is 5.64. The monoisotopic (exact) mass is 458 g/mol. The van der Waals surface area contributed by atoms with Crippen LogP contribution in [0.3, 0.4) is 0 Å². The molecule has 1 amide bonds. The number of Topliss-reactive ketones (excluding diaryl/α,β-unsaturated/α-hetero) is 1. The van der Waals surface area contributed by atoms with Gasteiger partial charge in [-0.3, -0.25) is 14.5 Å². The largest absolute Gasteiger partial charge is 0.384 e. The van der Waals surface area contributed by atoms with Crippen LogP contribution in [0.5, 0.6) is 0 Å². The van der Waals surface area contributed by atoms with E-state index in [4.69, 9.17) is 17.3 Å². The Labute approximate surface area is 197 Å². The summed E-state index contributed by atoms with van der Waals surface area (Å²) in [5.41, 5.74) is 8.29. The first-order valence-corrected chi connectivity index (χ1v) is 11.1. The maximum Gasteiger partial charge on any atom is 0.245 e. The number of benzene rings is 2. The summed E-state index contributed by atoms with van der Waals surface area (Å²) < 4.78 is 0. The normalized spacial score (nSPS) is 23.4. The molecule has 1 aliphatic carbocycles. The average molecular weight is 459 g/mol. The van der Waals surface area contributed by atoms with Gasteiger partial charge in [-0.25, -0.2) is 0 Å². The molecule has 5 rings (SSSR count). The van der Waals surface area contributed by atoms with Crippen molar-refractivity contribution < 1.29 is 9.59 Å². The third-order valence-corrected chi connectivity index (χ3v) is 7.29. The molecule has 33 heavy (non-hydrogen) atoms. The van der Waals surface area contributed by atoms with Crippen LogP contribution in [0.15, 0.2) is 65.1 Å². The van der Waals surface area contributed by atoms with Gasteiger partial charge < -0.3 is 11.1 Å². The van der Waals surface area contributed by atoms with Gasteiger partial charge in [-0.05, 0) is 42.5 Å². The Morgan fingerprint density at radius 2 is 1.82 bits per heavy atom. The van der Waals surface area contributed by atoms with Crippen molar-refractivity contribution in [3.8, 4) is 6.07 Å². The molecule has 3 N–H and O–H groups in total. The molecule has 2 heterocycles. The average Bonchev–Trinajstić information content (AvgIpc) is 3.04. The van der Waals surface area contributed by atoms with Crippen LogP contribution in [0, 0.1) is 23.7 Å². The predicted molar refractivity (Wildman–Crippen MR) is 127 cm³/mol. The van der Waals surface area contributed by atoms with Crippen LogP contribution in [0.2, 0.25) is 5.02 Å². The molecule has 3 aliphatic rings. The number of nitrogens with zero attached hydrogens (tertiary/aromatic N) is 2. The van der Waals surface area contributed by atoms with Crippen molar-refractivity contribution in [1.82, 2.24) is 0 Å². The summed E-state index contributed by atoms with van der Waals surface area (Å²) in [6.07, 6.45) is 0.795. The van der Waals surface area contributed by atoms with Crippen LogP contribution in [0.25, 0.3) is 0 Å². The zero-order valence-electron chi connectivity index (χ0n) is 18.6. The van der Waals surface area contributed by atoms with Gasteiger partial charge in [0.05, 0.1) is 11.3 Å². The summed E-state index contributed by atoms with van der Waals surface area (Å²) in [5.74, 6) is -0.447. The molecule has 6 nitrogen and oxygen atoms in total. The fraction of sp³-hybridized carbons (Fsp3) is 0.269. The molecule has 0 radical (unpaired) electrons. The first kappa shape index (κ1) is 21.3. The molecule has 0 saturated carbocycles. The van der Waals surface area contributed by atoms with Gasteiger partial charge in [-0.1, -0.05) is 49.7 Å². The van der Waals surface area contributed by atoms with Crippen molar-refractivity contribution in [3.63, 3.8) is 0 Å². The van der Waals surface area contributed by atoms with Crippen LogP contribution in [-0.4, -0.2) is 11.7 Å². The number of amides is 1. The number of carbonyl (C=O) groups excluding carboxylic acids is 2. The third-order valence-electron chi connectivity index (χ3n) is 6.88. The third kappa shape index (κ3) is 2.72. The Hall–Kier alpha value is -3.56. The number of halogens is 1. The number of hydrogen-bond acceptors (Lipinski definition) is 5. The fourth-order valence-electron chi connectivity index (χ4n) is 5.48. The highest BCUT2D eigenvalue weighted by atomic mass is 35.5. The Bertz CT molecular complexity index is 1350. The minimum absolute atomic E-state index is 0.0520. The zero-order chi connectivity index (χ0) is 23.7.